The molecular weight excluding hydrogens is 248 g/mol. The first kappa shape index (κ1) is 12.1. The Kier molecular flexibility index (Phi) is 2.83. The minimum Gasteiger partial charge on any atom is -0.378 e. The fraction of sp³-hybridized carbons (Fsp3) is 0.353. The first-order chi connectivity index (χ1) is 9.83. The third-order valence-corrected chi connectivity index (χ3v) is 4.58. The molecule has 3 heteroatoms. The zero-order valence-corrected chi connectivity index (χ0v) is 11.6. The van der Waals surface area contributed by atoms with Crippen LogP contribution >= 0.6 is 0 Å². The molecule has 2 aromatic rings. The maximum atomic E-state index is 5.68. The number of rotatable bonds is 1. The molecule has 1 fully saturated rings. The quantitative estimate of drug-likeness (QED) is 0.793. The van der Waals surface area contributed by atoms with E-state index >= 15 is 0 Å². The van der Waals surface area contributed by atoms with E-state index in [1.54, 1.807) is 0 Å². The number of pyridine rings is 1. The SMILES string of the molecule is CN1C2C=C(c3cccc4ccncc34)CC1COC2. The summed E-state index contributed by atoms with van der Waals surface area (Å²) in [7, 11) is 2.20. The molecule has 20 heavy (non-hydrogen) atoms. The summed E-state index contributed by atoms with van der Waals surface area (Å²) < 4.78 is 5.68. The van der Waals surface area contributed by atoms with Gasteiger partial charge in [0.15, 0.2) is 0 Å². The Morgan fingerprint density at radius 2 is 2.20 bits per heavy atom. The highest BCUT2D eigenvalue weighted by Gasteiger charge is 2.32. The van der Waals surface area contributed by atoms with Crippen LogP contribution in [0.15, 0.2) is 42.7 Å². The van der Waals surface area contributed by atoms with Gasteiger partial charge in [0.2, 0.25) is 0 Å². The monoisotopic (exact) mass is 266 g/mol. The molecule has 3 heterocycles. The van der Waals surface area contributed by atoms with E-state index in [9.17, 15) is 0 Å². The molecule has 3 nitrogen and oxygen atoms in total. The number of benzene rings is 1. The second-order valence-corrected chi connectivity index (χ2v) is 5.72. The average molecular weight is 266 g/mol. The van der Waals surface area contributed by atoms with Gasteiger partial charge in [0.1, 0.15) is 0 Å². The van der Waals surface area contributed by atoms with Crippen LogP contribution in [0.5, 0.6) is 0 Å². The van der Waals surface area contributed by atoms with E-state index in [2.05, 4.69) is 47.3 Å². The predicted molar refractivity (Wildman–Crippen MR) is 80.5 cm³/mol. The highest BCUT2D eigenvalue weighted by molar-refractivity contribution is 5.93. The van der Waals surface area contributed by atoms with E-state index < -0.39 is 0 Å². The lowest BCUT2D eigenvalue weighted by molar-refractivity contribution is -0.0221. The van der Waals surface area contributed by atoms with Crippen molar-refractivity contribution in [3.8, 4) is 0 Å². The van der Waals surface area contributed by atoms with Crippen LogP contribution in [0.2, 0.25) is 0 Å². The molecule has 1 aromatic carbocycles. The molecule has 0 aliphatic carbocycles. The molecule has 0 amide bonds. The second-order valence-electron chi connectivity index (χ2n) is 5.72. The van der Waals surface area contributed by atoms with Crippen LogP contribution in [0.1, 0.15) is 12.0 Å². The molecule has 2 aliphatic heterocycles. The minimum atomic E-state index is 0.407. The fourth-order valence-electron chi connectivity index (χ4n) is 3.35. The zero-order chi connectivity index (χ0) is 13.5. The number of hydrogen-bond donors (Lipinski definition) is 0. The topological polar surface area (TPSA) is 25.4 Å². The van der Waals surface area contributed by atoms with Crippen molar-refractivity contribution in [2.24, 2.45) is 0 Å². The van der Waals surface area contributed by atoms with Crippen molar-refractivity contribution in [1.29, 1.82) is 0 Å². The van der Waals surface area contributed by atoms with Gasteiger partial charge in [-0.1, -0.05) is 24.3 Å². The van der Waals surface area contributed by atoms with E-state index in [4.69, 9.17) is 4.74 Å². The number of aromatic nitrogens is 1. The molecule has 102 valence electrons. The van der Waals surface area contributed by atoms with Crippen molar-refractivity contribution in [2.45, 2.75) is 18.5 Å². The van der Waals surface area contributed by atoms with Gasteiger partial charge in [-0.25, -0.2) is 0 Å². The van der Waals surface area contributed by atoms with Crippen molar-refractivity contribution in [3.05, 3.63) is 48.3 Å². The Hall–Kier alpha value is -1.71. The molecule has 2 bridgehead atoms. The lowest BCUT2D eigenvalue weighted by atomic mass is 9.88. The first-order valence-electron chi connectivity index (χ1n) is 7.16. The molecule has 2 unspecified atom stereocenters. The summed E-state index contributed by atoms with van der Waals surface area (Å²) in [6.45, 7) is 1.65. The third kappa shape index (κ3) is 1.86. The number of likely N-dealkylation sites (N-methyl/N-ethyl adjacent to an activating group) is 1. The zero-order valence-electron chi connectivity index (χ0n) is 11.6. The van der Waals surface area contributed by atoms with Gasteiger partial charge in [0.05, 0.1) is 19.3 Å². The lowest BCUT2D eigenvalue weighted by Gasteiger charge is -2.42. The van der Waals surface area contributed by atoms with Crippen LogP contribution in [-0.4, -0.2) is 42.2 Å². The second kappa shape index (κ2) is 4.69. The van der Waals surface area contributed by atoms with Crippen molar-refractivity contribution >= 4 is 16.3 Å². The maximum absolute atomic E-state index is 5.68. The van der Waals surface area contributed by atoms with Gasteiger partial charge in [0, 0.05) is 23.8 Å². The van der Waals surface area contributed by atoms with E-state index in [-0.39, 0.29) is 0 Å². The number of ether oxygens (including phenoxy) is 1. The summed E-state index contributed by atoms with van der Waals surface area (Å²) in [5.74, 6) is 0. The van der Waals surface area contributed by atoms with Gasteiger partial charge in [-0.15, -0.1) is 0 Å². The molecule has 0 radical (unpaired) electrons. The van der Waals surface area contributed by atoms with Crippen molar-refractivity contribution in [3.63, 3.8) is 0 Å². The van der Waals surface area contributed by atoms with E-state index in [1.165, 1.54) is 21.9 Å². The summed E-state index contributed by atoms with van der Waals surface area (Å²) in [4.78, 5) is 6.73. The van der Waals surface area contributed by atoms with E-state index in [0.29, 0.717) is 12.1 Å². The molecule has 1 aromatic heterocycles. The number of hydrogen-bond acceptors (Lipinski definition) is 3. The standard InChI is InChI=1S/C17H18N2O/c1-19-14-7-13(8-15(19)11-20-10-14)16-4-2-3-12-5-6-18-9-17(12)16/h2-7,9,14-15H,8,10-11H2,1H3. The van der Waals surface area contributed by atoms with Crippen LogP contribution in [0.3, 0.4) is 0 Å². The van der Waals surface area contributed by atoms with Crippen LogP contribution in [0.4, 0.5) is 0 Å². The van der Waals surface area contributed by atoms with Crippen LogP contribution in [-0.2, 0) is 4.74 Å². The van der Waals surface area contributed by atoms with Gasteiger partial charge in [0.25, 0.3) is 0 Å². The normalized spacial score (nSPS) is 26.6. The molecule has 2 aliphatic rings. The molecule has 0 saturated carbocycles. The van der Waals surface area contributed by atoms with Crippen molar-refractivity contribution in [2.75, 3.05) is 20.3 Å². The molecule has 1 saturated heterocycles. The van der Waals surface area contributed by atoms with Gasteiger partial charge in [-0.3, -0.25) is 9.88 Å². The Morgan fingerprint density at radius 3 is 3.10 bits per heavy atom. The Morgan fingerprint density at radius 1 is 1.25 bits per heavy atom. The highest BCUT2D eigenvalue weighted by atomic mass is 16.5. The largest absolute Gasteiger partial charge is 0.378 e. The first-order valence-corrected chi connectivity index (χ1v) is 7.16. The number of fused-ring (bicyclic) bond motifs is 3. The van der Waals surface area contributed by atoms with Crippen molar-refractivity contribution in [1.82, 2.24) is 9.88 Å². The highest BCUT2D eigenvalue weighted by Crippen LogP contribution is 2.34. The van der Waals surface area contributed by atoms with E-state index in [0.717, 1.165) is 19.6 Å². The molecule has 4 rings (SSSR count). The third-order valence-electron chi connectivity index (χ3n) is 4.58. The summed E-state index contributed by atoms with van der Waals surface area (Å²) in [5, 5.41) is 2.52. The summed E-state index contributed by atoms with van der Waals surface area (Å²) in [6, 6.07) is 9.50. The van der Waals surface area contributed by atoms with Crippen molar-refractivity contribution < 1.29 is 4.74 Å². The maximum Gasteiger partial charge on any atom is 0.0658 e. The molecular formula is C17H18N2O. The van der Waals surface area contributed by atoms with Crippen LogP contribution in [0.25, 0.3) is 16.3 Å². The molecule has 0 spiro atoms. The van der Waals surface area contributed by atoms with Crippen LogP contribution in [0, 0.1) is 0 Å². The summed E-state index contributed by atoms with van der Waals surface area (Å²) in [5.41, 5.74) is 2.78. The lowest BCUT2D eigenvalue weighted by Crippen LogP contribution is -2.51. The van der Waals surface area contributed by atoms with Gasteiger partial charge in [-0.2, -0.15) is 0 Å². The Labute approximate surface area is 118 Å². The van der Waals surface area contributed by atoms with Gasteiger partial charge in [-0.05, 0) is 36.1 Å². The fourth-order valence-corrected chi connectivity index (χ4v) is 3.35. The summed E-state index contributed by atoms with van der Waals surface area (Å²) in [6.07, 6.45) is 7.27. The van der Waals surface area contributed by atoms with E-state index in [1.807, 2.05) is 12.4 Å². The number of morpholine rings is 1. The average Bonchev–Trinajstić information content (AvgIpc) is 2.46. The Balaban J connectivity index is 1.84. The number of nitrogens with zero attached hydrogens (tertiary/aromatic N) is 2. The van der Waals surface area contributed by atoms with Crippen LogP contribution < -0.4 is 0 Å². The molecule has 2 atom stereocenters. The molecule has 0 N–H and O–H groups in total. The minimum absolute atomic E-state index is 0.407. The van der Waals surface area contributed by atoms with Gasteiger partial charge >= 0.3 is 0 Å². The van der Waals surface area contributed by atoms with Gasteiger partial charge < -0.3 is 4.74 Å². The predicted octanol–water partition coefficient (Wildman–Crippen LogP) is 2.72. The summed E-state index contributed by atoms with van der Waals surface area (Å²) >= 11 is 0. The Bertz CT molecular complexity index is 674. The smallest absolute Gasteiger partial charge is 0.0658 e.